The van der Waals surface area contributed by atoms with E-state index in [1.807, 2.05) is 0 Å². The standard InChI is InChI=1S/C10H17N3O2S/c1-2-16(14,15)6-5-13-10(8-3-4-8)9(11)7-12-13/h7-8H,2-6,11H2,1H3. The molecule has 0 amide bonds. The minimum absolute atomic E-state index is 0.143. The van der Waals surface area contributed by atoms with E-state index in [0.29, 0.717) is 18.2 Å². The molecule has 2 rings (SSSR count). The Morgan fingerprint density at radius 1 is 1.56 bits per heavy atom. The van der Waals surface area contributed by atoms with Gasteiger partial charge >= 0.3 is 0 Å². The van der Waals surface area contributed by atoms with E-state index < -0.39 is 9.84 Å². The van der Waals surface area contributed by atoms with E-state index in [0.717, 1.165) is 18.5 Å². The third kappa shape index (κ3) is 2.37. The molecule has 5 nitrogen and oxygen atoms in total. The molecule has 2 N–H and O–H groups in total. The fourth-order valence-corrected chi connectivity index (χ4v) is 2.50. The number of aryl methyl sites for hydroxylation is 1. The quantitative estimate of drug-likeness (QED) is 0.829. The fraction of sp³-hybridized carbons (Fsp3) is 0.700. The summed E-state index contributed by atoms with van der Waals surface area (Å²) in [6.45, 7) is 2.08. The van der Waals surface area contributed by atoms with Crippen molar-refractivity contribution in [3.05, 3.63) is 11.9 Å². The van der Waals surface area contributed by atoms with Gasteiger partial charge in [-0.2, -0.15) is 5.10 Å². The van der Waals surface area contributed by atoms with Crippen LogP contribution in [0.4, 0.5) is 5.69 Å². The van der Waals surface area contributed by atoms with E-state index in [1.54, 1.807) is 17.8 Å². The zero-order valence-corrected chi connectivity index (χ0v) is 10.2. The van der Waals surface area contributed by atoms with Gasteiger partial charge in [0.2, 0.25) is 0 Å². The molecule has 0 saturated heterocycles. The zero-order chi connectivity index (χ0) is 11.8. The first-order chi connectivity index (χ1) is 7.53. The maximum atomic E-state index is 11.4. The number of rotatable bonds is 5. The van der Waals surface area contributed by atoms with E-state index >= 15 is 0 Å². The number of nitrogen functional groups attached to an aromatic ring is 1. The summed E-state index contributed by atoms with van der Waals surface area (Å²) in [6.07, 6.45) is 3.89. The van der Waals surface area contributed by atoms with Crippen molar-refractivity contribution in [3.8, 4) is 0 Å². The van der Waals surface area contributed by atoms with Gasteiger partial charge in [-0.15, -0.1) is 0 Å². The summed E-state index contributed by atoms with van der Waals surface area (Å²) in [4.78, 5) is 0. The molecule has 0 bridgehead atoms. The first-order valence-electron chi connectivity index (χ1n) is 5.55. The molecule has 1 fully saturated rings. The predicted molar refractivity (Wildman–Crippen MR) is 62.9 cm³/mol. The zero-order valence-electron chi connectivity index (χ0n) is 9.39. The molecule has 0 unspecified atom stereocenters. The van der Waals surface area contributed by atoms with Gasteiger partial charge in [0, 0.05) is 11.7 Å². The minimum atomic E-state index is -2.93. The third-order valence-corrected chi connectivity index (χ3v) is 4.61. The Hall–Kier alpha value is -1.04. The second-order valence-electron chi connectivity index (χ2n) is 4.22. The lowest BCUT2D eigenvalue weighted by atomic mass is 10.2. The van der Waals surface area contributed by atoms with Crippen molar-refractivity contribution in [1.29, 1.82) is 0 Å². The second-order valence-corrected chi connectivity index (χ2v) is 6.69. The Labute approximate surface area is 95.6 Å². The topological polar surface area (TPSA) is 78.0 Å². The van der Waals surface area contributed by atoms with Crippen molar-refractivity contribution in [3.63, 3.8) is 0 Å². The SMILES string of the molecule is CCS(=O)(=O)CCn1ncc(N)c1C1CC1. The Bertz CT molecular complexity index is 474. The van der Waals surface area contributed by atoms with Gasteiger partial charge in [-0.25, -0.2) is 8.42 Å². The van der Waals surface area contributed by atoms with Gasteiger partial charge in [-0.05, 0) is 12.8 Å². The van der Waals surface area contributed by atoms with Crippen LogP contribution in [0, 0.1) is 0 Å². The van der Waals surface area contributed by atoms with Crippen LogP contribution < -0.4 is 5.73 Å². The van der Waals surface area contributed by atoms with Crippen LogP contribution in [-0.4, -0.2) is 29.7 Å². The fourth-order valence-electron chi connectivity index (χ4n) is 1.76. The molecule has 16 heavy (non-hydrogen) atoms. The lowest BCUT2D eigenvalue weighted by Gasteiger charge is -2.07. The number of aromatic nitrogens is 2. The monoisotopic (exact) mass is 243 g/mol. The van der Waals surface area contributed by atoms with Crippen molar-refractivity contribution in [2.45, 2.75) is 32.2 Å². The number of nitrogens with two attached hydrogens (primary N) is 1. The molecule has 0 atom stereocenters. The van der Waals surface area contributed by atoms with Gasteiger partial charge in [-0.3, -0.25) is 4.68 Å². The lowest BCUT2D eigenvalue weighted by Crippen LogP contribution is -2.16. The van der Waals surface area contributed by atoms with Gasteiger partial charge in [0.15, 0.2) is 9.84 Å². The summed E-state index contributed by atoms with van der Waals surface area (Å²) in [7, 11) is -2.93. The van der Waals surface area contributed by atoms with Crippen LogP contribution >= 0.6 is 0 Å². The van der Waals surface area contributed by atoms with Crippen molar-refractivity contribution in [2.24, 2.45) is 0 Å². The molecule has 0 spiro atoms. The van der Waals surface area contributed by atoms with Crippen LogP contribution in [0.15, 0.2) is 6.20 Å². The summed E-state index contributed by atoms with van der Waals surface area (Å²) in [5.41, 5.74) is 7.53. The molecule has 0 aromatic carbocycles. The van der Waals surface area contributed by atoms with Crippen molar-refractivity contribution >= 4 is 15.5 Å². The summed E-state index contributed by atoms with van der Waals surface area (Å²) in [5.74, 6) is 0.819. The number of sulfone groups is 1. The van der Waals surface area contributed by atoms with Crippen LogP contribution in [0.3, 0.4) is 0 Å². The van der Waals surface area contributed by atoms with Gasteiger partial charge in [-0.1, -0.05) is 6.92 Å². The molecular weight excluding hydrogens is 226 g/mol. The van der Waals surface area contributed by atoms with Crippen LogP contribution in [0.1, 0.15) is 31.4 Å². The summed E-state index contributed by atoms with van der Waals surface area (Å²) in [6, 6.07) is 0. The molecule has 90 valence electrons. The van der Waals surface area contributed by atoms with Crippen molar-refractivity contribution in [1.82, 2.24) is 9.78 Å². The van der Waals surface area contributed by atoms with E-state index in [9.17, 15) is 8.42 Å². The number of nitrogens with zero attached hydrogens (tertiary/aromatic N) is 2. The van der Waals surface area contributed by atoms with Crippen LogP contribution in [0.5, 0.6) is 0 Å². The van der Waals surface area contributed by atoms with Gasteiger partial charge in [0.05, 0.1) is 29.9 Å². The summed E-state index contributed by atoms with van der Waals surface area (Å²) < 4.78 is 24.6. The molecule has 6 heteroatoms. The molecule has 0 aliphatic heterocycles. The normalized spacial score (nSPS) is 16.6. The molecule has 1 aliphatic carbocycles. The molecule has 1 aromatic rings. The Morgan fingerprint density at radius 3 is 2.81 bits per heavy atom. The Morgan fingerprint density at radius 2 is 2.25 bits per heavy atom. The Balaban J connectivity index is 2.10. The van der Waals surface area contributed by atoms with Gasteiger partial charge in [0.25, 0.3) is 0 Å². The van der Waals surface area contributed by atoms with Gasteiger partial charge < -0.3 is 5.73 Å². The highest BCUT2D eigenvalue weighted by molar-refractivity contribution is 7.91. The number of hydrogen-bond donors (Lipinski definition) is 1. The van der Waals surface area contributed by atoms with Crippen LogP contribution in [-0.2, 0) is 16.4 Å². The molecule has 0 radical (unpaired) electrons. The average molecular weight is 243 g/mol. The molecule has 1 aromatic heterocycles. The van der Waals surface area contributed by atoms with Crippen molar-refractivity contribution in [2.75, 3.05) is 17.2 Å². The van der Waals surface area contributed by atoms with E-state index in [4.69, 9.17) is 5.73 Å². The first-order valence-corrected chi connectivity index (χ1v) is 7.37. The summed E-state index contributed by atoms with van der Waals surface area (Å²) in [5, 5.41) is 4.14. The summed E-state index contributed by atoms with van der Waals surface area (Å²) >= 11 is 0. The van der Waals surface area contributed by atoms with E-state index in [1.165, 1.54) is 0 Å². The first kappa shape index (κ1) is 11.4. The average Bonchev–Trinajstić information content (AvgIpc) is 3.01. The maximum absolute atomic E-state index is 11.4. The Kier molecular flexibility index (Phi) is 2.92. The minimum Gasteiger partial charge on any atom is -0.396 e. The number of anilines is 1. The lowest BCUT2D eigenvalue weighted by molar-refractivity contribution is 0.575. The van der Waals surface area contributed by atoms with Gasteiger partial charge in [0.1, 0.15) is 0 Å². The smallest absolute Gasteiger partial charge is 0.151 e. The predicted octanol–water partition coefficient (Wildman–Crippen LogP) is 0.777. The van der Waals surface area contributed by atoms with Crippen molar-refractivity contribution < 1.29 is 8.42 Å². The largest absolute Gasteiger partial charge is 0.396 e. The van der Waals surface area contributed by atoms with E-state index in [2.05, 4.69) is 5.10 Å². The highest BCUT2D eigenvalue weighted by Gasteiger charge is 2.29. The molecule has 1 saturated carbocycles. The highest BCUT2D eigenvalue weighted by Crippen LogP contribution is 2.42. The highest BCUT2D eigenvalue weighted by atomic mass is 32.2. The molecular formula is C10H17N3O2S. The third-order valence-electron chi connectivity index (χ3n) is 2.93. The van der Waals surface area contributed by atoms with Crippen LogP contribution in [0.2, 0.25) is 0 Å². The second kappa shape index (κ2) is 4.08. The van der Waals surface area contributed by atoms with E-state index in [-0.39, 0.29) is 11.5 Å². The number of hydrogen-bond acceptors (Lipinski definition) is 4. The molecule has 1 heterocycles. The van der Waals surface area contributed by atoms with Crippen LogP contribution in [0.25, 0.3) is 0 Å². The molecule has 1 aliphatic rings. The maximum Gasteiger partial charge on any atom is 0.151 e.